The number of piperazine rings is 1. The molecule has 0 spiro atoms. The van der Waals surface area contributed by atoms with Crippen molar-refractivity contribution >= 4 is 39.1 Å². The Labute approximate surface area is 179 Å². The summed E-state index contributed by atoms with van der Waals surface area (Å²) in [6.45, 7) is 0.727. The largest absolute Gasteiger partial charge is 0.340 e. The minimum Gasteiger partial charge on any atom is -0.340 e. The van der Waals surface area contributed by atoms with Gasteiger partial charge in [0.2, 0.25) is 21.8 Å². The Bertz CT molecular complexity index is 1020. The van der Waals surface area contributed by atoms with E-state index in [9.17, 15) is 22.4 Å². The highest BCUT2D eigenvalue weighted by molar-refractivity contribution is 7.89. The van der Waals surface area contributed by atoms with Crippen molar-refractivity contribution in [3.05, 3.63) is 59.4 Å². The van der Waals surface area contributed by atoms with Gasteiger partial charge in [-0.25, -0.2) is 12.8 Å². The molecule has 0 unspecified atom stereocenters. The number of carbonyl (C=O) groups is 2. The molecule has 0 radical (unpaired) electrons. The van der Waals surface area contributed by atoms with Crippen LogP contribution in [0, 0.1) is 5.82 Å². The third-order valence-electron chi connectivity index (χ3n) is 4.76. The Morgan fingerprint density at radius 2 is 1.60 bits per heavy atom. The van der Waals surface area contributed by atoms with E-state index in [2.05, 4.69) is 5.32 Å². The van der Waals surface area contributed by atoms with E-state index in [0.717, 1.165) is 12.1 Å². The summed E-state index contributed by atoms with van der Waals surface area (Å²) >= 11 is 5.99. The summed E-state index contributed by atoms with van der Waals surface area (Å²) in [6, 6.07) is 11.5. The van der Waals surface area contributed by atoms with E-state index in [0.29, 0.717) is 10.7 Å². The molecule has 2 aromatic carbocycles. The molecule has 0 aromatic heterocycles. The lowest BCUT2D eigenvalue weighted by Gasteiger charge is -2.34. The second kappa shape index (κ2) is 9.55. The van der Waals surface area contributed by atoms with Gasteiger partial charge in [0.25, 0.3) is 0 Å². The van der Waals surface area contributed by atoms with Crippen molar-refractivity contribution in [3.8, 4) is 0 Å². The predicted molar refractivity (Wildman–Crippen MR) is 111 cm³/mol. The fourth-order valence-corrected chi connectivity index (χ4v) is 4.69. The van der Waals surface area contributed by atoms with Gasteiger partial charge in [-0.1, -0.05) is 23.7 Å². The molecule has 160 valence electrons. The monoisotopic (exact) mass is 453 g/mol. The van der Waals surface area contributed by atoms with Gasteiger partial charge >= 0.3 is 0 Å². The van der Waals surface area contributed by atoms with Crippen molar-refractivity contribution in [2.75, 3.05) is 31.5 Å². The molecule has 30 heavy (non-hydrogen) atoms. The number of nitrogens with zero attached hydrogens (tertiary/aromatic N) is 2. The molecule has 2 aromatic rings. The SMILES string of the molecule is O=C(CCC(=O)N1CCN(S(=O)(=O)c2ccc(F)cc2)CC1)Nc1ccccc1Cl. The van der Waals surface area contributed by atoms with Crippen LogP contribution >= 0.6 is 11.6 Å². The fraction of sp³-hybridized carbons (Fsp3) is 0.300. The van der Waals surface area contributed by atoms with Gasteiger partial charge in [0.1, 0.15) is 5.82 Å². The van der Waals surface area contributed by atoms with Crippen LogP contribution in [0.1, 0.15) is 12.8 Å². The molecular formula is C20H21ClFN3O4S. The zero-order chi connectivity index (χ0) is 21.7. The molecule has 1 aliphatic rings. The number of hydrogen-bond donors (Lipinski definition) is 1. The van der Waals surface area contributed by atoms with Crippen LogP contribution in [-0.4, -0.2) is 55.6 Å². The molecule has 1 saturated heterocycles. The number of rotatable bonds is 6. The predicted octanol–water partition coefficient (Wildman–Crippen LogP) is 2.73. The Balaban J connectivity index is 1.48. The summed E-state index contributed by atoms with van der Waals surface area (Å²) in [4.78, 5) is 26.0. The fourth-order valence-electron chi connectivity index (χ4n) is 3.09. The summed E-state index contributed by atoms with van der Waals surface area (Å²) in [7, 11) is -3.74. The maximum absolute atomic E-state index is 13.0. The third kappa shape index (κ3) is 5.35. The number of halogens is 2. The zero-order valence-electron chi connectivity index (χ0n) is 16.1. The van der Waals surface area contributed by atoms with Crippen LogP contribution in [0.5, 0.6) is 0 Å². The van der Waals surface area contributed by atoms with Gasteiger partial charge in [-0.05, 0) is 36.4 Å². The maximum Gasteiger partial charge on any atom is 0.243 e. The minimum absolute atomic E-state index is 0.00184. The summed E-state index contributed by atoms with van der Waals surface area (Å²) < 4.78 is 39.6. The van der Waals surface area contributed by atoms with Crippen LogP contribution < -0.4 is 5.32 Å². The number of amides is 2. The zero-order valence-corrected chi connectivity index (χ0v) is 17.6. The number of anilines is 1. The molecule has 0 saturated carbocycles. The molecule has 3 rings (SSSR count). The minimum atomic E-state index is -3.74. The lowest BCUT2D eigenvalue weighted by molar-refractivity contribution is -0.133. The lowest BCUT2D eigenvalue weighted by Crippen LogP contribution is -2.50. The summed E-state index contributed by atoms with van der Waals surface area (Å²) in [5, 5.41) is 3.07. The first-order valence-electron chi connectivity index (χ1n) is 9.35. The standard InChI is InChI=1S/C20H21ClFN3O4S/c21-17-3-1-2-4-18(17)23-19(26)9-10-20(27)24-11-13-25(14-12-24)30(28,29)16-7-5-15(22)6-8-16/h1-8H,9-14H2,(H,23,26). The first kappa shape index (κ1) is 22.2. The highest BCUT2D eigenvalue weighted by Crippen LogP contribution is 2.21. The van der Waals surface area contributed by atoms with Gasteiger partial charge in [0.05, 0.1) is 15.6 Å². The first-order valence-corrected chi connectivity index (χ1v) is 11.2. The number of nitrogens with one attached hydrogen (secondary N) is 1. The van der Waals surface area contributed by atoms with Gasteiger partial charge in [-0.3, -0.25) is 9.59 Å². The van der Waals surface area contributed by atoms with Crippen molar-refractivity contribution in [3.63, 3.8) is 0 Å². The lowest BCUT2D eigenvalue weighted by atomic mass is 10.2. The van der Waals surface area contributed by atoms with E-state index in [4.69, 9.17) is 11.6 Å². The molecule has 1 N–H and O–H groups in total. The maximum atomic E-state index is 13.0. The van der Waals surface area contributed by atoms with Crippen molar-refractivity contribution in [2.24, 2.45) is 0 Å². The number of para-hydroxylation sites is 1. The highest BCUT2D eigenvalue weighted by atomic mass is 35.5. The summed E-state index contributed by atoms with van der Waals surface area (Å²) in [6.07, 6.45) is 0.0130. The Hall–Kier alpha value is -2.49. The van der Waals surface area contributed by atoms with E-state index in [1.807, 2.05) is 0 Å². The highest BCUT2D eigenvalue weighted by Gasteiger charge is 2.30. The van der Waals surface area contributed by atoms with Crippen molar-refractivity contribution in [1.29, 1.82) is 0 Å². The molecule has 1 heterocycles. The van der Waals surface area contributed by atoms with Gasteiger partial charge < -0.3 is 10.2 Å². The number of hydrogen-bond acceptors (Lipinski definition) is 4. The average molecular weight is 454 g/mol. The van der Waals surface area contributed by atoms with E-state index < -0.39 is 15.8 Å². The van der Waals surface area contributed by atoms with Crippen LogP contribution in [-0.2, 0) is 19.6 Å². The normalized spacial score (nSPS) is 15.1. The number of sulfonamides is 1. The van der Waals surface area contributed by atoms with E-state index >= 15 is 0 Å². The van der Waals surface area contributed by atoms with Crippen LogP contribution in [0.2, 0.25) is 5.02 Å². The molecule has 10 heteroatoms. The van der Waals surface area contributed by atoms with Crippen molar-refractivity contribution in [1.82, 2.24) is 9.21 Å². The summed E-state index contributed by atoms with van der Waals surface area (Å²) in [5.41, 5.74) is 0.483. The second-order valence-electron chi connectivity index (χ2n) is 6.77. The smallest absolute Gasteiger partial charge is 0.243 e. The van der Waals surface area contributed by atoms with Crippen LogP contribution in [0.15, 0.2) is 53.4 Å². The van der Waals surface area contributed by atoms with Crippen LogP contribution in [0.3, 0.4) is 0 Å². The topological polar surface area (TPSA) is 86.8 Å². The Morgan fingerprint density at radius 1 is 0.967 bits per heavy atom. The number of carbonyl (C=O) groups excluding carboxylic acids is 2. The Kier molecular flexibility index (Phi) is 7.06. The molecule has 0 atom stereocenters. The van der Waals surface area contributed by atoms with Crippen LogP contribution in [0.25, 0.3) is 0 Å². The van der Waals surface area contributed by atoms with Gasteiger partial charge in [-0.2, -0.15) is 4.31 Å². The molecule has 1 aliphatic heterocycles. The van der Waals surface area contributed by atoms with E-state index in [1.54, 1.807) is 29.2 Å². The number of benzene rings is 2. The molecule has 0 aliphatic carbocycles. The van der Waals surface area contributed by atoms with Crippen molar-refractivity contribution < 1.29 is 22.4 Å². The van der Waals surface area contributed by atoms with Gasteiger partial charge in [0, 0.05) is 39.0 Å². The summed E-state index contributed by atoms with van der Waals surface area (Å²) in [5.74, 6) is -1.06. The van der Waals surface area contributed by atoms with E-state index in [-0.39, 0.29) is 55.7 Å². The van der Waals surface area contributed by atoms with Crippen molar-refractivity contribution in [2.45, 2.75) is 17.7 Å². The first-order chi connectivity index (χ1) is 14.3. The molecule has 0 bridgehead atoms. The second-order valence-corrected chi connectivity index (χ2v) is 9.11. The molecule has 1 fully saturated rings. The van der Waals surface area contributed by atoms with E-state index in [1.165, 1.54) is 16.4 Å². The molecular weight excluding hydrogens is 433 g/mol. The average Bonchev–Trinajstić information content (AvgIpc) is 2.74. The third-order valence-corrected chi connectivity index (χ3v) is 7.00. The Morgan fingerprint density at radius 3 is 2.23 bits per heavy atom. The van der Waals surface area contributed by atoms with Gasteiger partial charge in [0.15, 0.2) is 0 Å². The quantitative estimate of drug-likeness (QED) is 0.728. The molecule has 7 nitrogen and oxygen atoms in total. The van der Waals surface area contributed by atoms with Gasteiger partial charge in [-0.15, -0.1) is 0 Å². The van der Waals surface area contributed by atoms with Crippen LogP contribution in [0.4, 0.5) is 10.1 Å². The molecule has 2 amide bonds.